The van der Waals surface area contributed by atoms with Gasteiger partial charge in [-0.05, 0) is 38.5 Å². The lowest BCUT2D eigenvalue weighted by Crippen LogP contribution is -2.49. The van der Waals surface area contributed by atoms with Crippen molar-refractivity contribution >= 4 is 17.7 Å². The predicted octanol–water partition coefficient (Wildman–Crippen LogP) is 3.34. The first-order chi connectivity index (χ1) is 14.2. The molecule has 2 aliphatic carbocycles. The Hall–Kier alpha value is -1.28. The van der Waals surface area contributed by atoms with E-state index in [2.05, 4.69) is 15.1 Å². The second kappa shape index (κ2) is 10.2. The maximum Gasteiger partial charge on any atom is 0.344 e. The van der Waals surface area contributed by atoms with Gasteiger partial charge in [0.2, 0.25) is 5.91 Å². The molecule has 1 saturated heterocycles. The number of nitrogens with one attached hydrogen (secondary N) is 1. The molecule has 1 unspecified atom stereocenters. The summed E-state index contributed by atoms with van der Waals surface area (Å²) in [4.78, 5) is 27.8. The van der Waals surface area contributed by atoms with E-state index in [4.69, 9.17) is 4.74 Å². The molecule has 1 aromatic heterocycles. The van der Waals surface area contributed by atoms with E-state index < -0.39 is 0 Å². The molecule has 1 N–H and O–H groups in total. The smallest absolute Gasteiger partial charge is 0.344 e. The number of thioether (sulfide) groups is 1. The fourth-order valence-electron chi connectivity index (χ4n) is 5.19. The van der Waals surface area contributed by atoms with Gasteiger partial charge in [0.25, 0.3) is 0 Å². The first-order valence-electron chi connectivity index (χ1n) is 11.4. The molecule has 29 heavy (non-hydrogen) atoms. The van der Waals surface area contributed by atoms with Crippen LogP contribution in [0.25, 0.3) is 0 Å². The summed E-state index contributed by atoms with van der Waals surface area (Å²) in [5.41, 5.74) is -0.216. The van der Waals surface area contributed by atoms with Crippen LogP contribution < -0.4 is 5.69 Å². The molecule has 0 aromatic carbocycles. The Balaban J connectivity index is 1.41. The van der Waals surface area contributed by atoms with E-state index in [0.29, 0.717) is 29.5 Å². The van der Waals surface area contributed by atoms with Gasteiger partial charge in [-0.3, -0.25) is 9.36 Å². The van der Waals surface area contributed by atoms with E-state index >= 15 is 0 Å². The highest BCUT2D eigenvalue weighted by Gasteiger charge is 2.32. The largest absolute Gasteiger partial charge is 0.376 e. The minimum absolute atomic E-state index is 0.0707. The zero-order valence-corrected chi connectivity index (χ0v) is 18.1. The van der Waals surface area contributed by atoms with Gasteiger partial charge in [-0.1, -0.05) is 50.3 Å². The molecule has 2 heterocycles. The average molecular weight is 423 g/mol. The molecule has 0 spiro atoms. The van der Waals surface area contributed by atoms with E-state index in [1.54, 1.807) is 4.57 Å². The summed E-state index contributed by atoms with van der Waals surface area (Å²) >= 11 is 1.39. The number of hydrogen-bond donors (Lipinski definition) is 1. The van der Waals surface area contributed by atoms with E-state index in [1.807, 2.05) is 0 Å². The molecule has 4 rings (SSSR count). The summed E-state index contributed by atoms with van der Waals surface area (Å²) in [5.74, 6) is 0.566. The highest BCUT2D eigenvalue weighted by Crippen LogP contribution is 2.31. The number of hydrogen-bond acceptors (Lipinski definition) is 5. The predicted molar refractivity (Wildman–Crippen MR) is 113 cm³/mol. The van der Waals surface area contributed by atoms with Crippen LogP contribution in [0.5, 0.6) is 0 Å². The number of amides is 1. The highest BCUT2D eigenvalue weighted by atomic mass is 32.2. The maximum absolute atomic E-state index is 13.3. The van der Waals surface area contributed by atoms with E-state index in [1.165, 1.54) is 50.3 Å². The second-order valence-corrected chi connectivity index (χ2v) is 9.67. The SMILES string of the molecule is O=C(CSc1n[nH]c(=O)n1CC1CCCO1)N(C1CCCCC1)C1CCCCC1. The Bertz CT molecular complexity index is 698. The first-order valence-corrected chi connectivity index (χ1v) is 12.4. The molecule has 2 saturated carbocycles. The zero-order chi connectivity index (χ0) is 20.1. The average Bonchev–Trinajstić information content (AvgIpc) is 3.39. The number of nitrogens with zero attached hydrogens (tertiary/aromatic N) is 3. The highest BCUT2D eigenvalue weighted by molar-refractivity contribution is 7.99. The summed E-state index contributed by atoms with van der Waals surface area (Å²) in [6, 6.07) is 0.793. The van der Waals surface area contributed by atoms with Gasteiger partial charge in [0, 0.05) is 18.7 Å². The van der Waals surface area contributed by atoms with Gasteiger partial charge >= 0.3 is 5.69 Å². The maximum atomic E-state index is 13.3. The number of carbonyl (C=O) groups is 1. The molecule has 0 bridgehead atoms. The Morgan fingerprint density at radius 3 is 2.28 bits per heavy atom. The molecule has 0 radical (unpaired) electrons. The van der Waals surface area contributed by atoms with Gasteiger partial charge in [0.1, 0.15) is 0 Å². The standard InChI is InChI=1S/C21H34N4O3S/c26-19(25(16-8-3-1-4-9-16)17-10-5-2-6-11-17)15-29-21-23-22-20(27)24(21)14-18-12-7-13-28-18/h16-18H,1-15H2,(H,22,27). The van der Waals surface area contributed by atoms with E-state index in [9.17, 15) is 9.59 Å². The third kappa shape index (κ3) is 5.26. The monoisotopic (exact) mass is 422 g/mol. The Kier molecular flexibility index (Phi) is 7.34. The second-order valence-electron chi connectivity index (χ2n) is 8.73. The number of H-pyrrole nitrogens is 1. The number of rotatable bonds is 7. The fourth-order valence-corrected chi connectivity index (χ4v) is 6.02. The summed E-state index contributed by atoms with van der Waals surface area (Å²) in [6.07, 6.45) is 14.1. The van der Waals surface area contributed by atoms with Crippen molar-refractivity contribution in [3.63, 3.8) is 0 Å². The number of carbonyl (C=O) groups excluding carboxylic acids is 1. The van der Waals surface area contributed by atoms with Crippen molar-refractivity contribution in [2.75, 3.05) is 12.4 Å². The Morgan fingerprint density at radius 2 is 1.69 bits per heavy atom. The summed E-state index contributed by atoms with van der Waals surface area (Å²) in [5, 5.41) is 7.33. The van der Waals surface area contributed by atoms with Crippen molar-refractivity contribution in [3.8, 4) is 0 Å². The van der Waals surface area contributed by atoms with Crippen LogP contribution in [-0.2, 0) is 16.1 Å². The molecular weight excluding hydrogens is 388 g/mol. The molecule has 8 heteroatoms. The molecule has 1 aromatic rings. The van der Waals surface area contributed by atoms with Gasteiger partial charge in [0.15, 0.2) is 5.16 Å². The van der Waals surface area contributed by atoms with Crippen LogP contribution in [0.3, 0.4) is 0 Å². The third-order valence-electron chi connectivity index (χ3n) is 6.68. The van der Waals surface area contributed by atoms with Gasteiger partial charge < -0.3 is 9.64 Å². The van der Waals surface area contributed by atoms with Crippen molar-refractivity contribution in [1.82, 2.24) is 19.7 Å². The van der Waals surface area contributed by atoms with E-state index in [-0.39, 0.29) is 17.7 Å². The number of aromatic amines is 1. The van der Waals surface area contributed by atoms with Crippen molar-refractivity contribution < 1.29 is 9.53 Å². The summed E-state index contributed by atoms with van der Waals surface area (Å²) < 4.78 is 7.31. The van der Waals surface area contributed by atoms with Crippen LogP contribution >= 0.6 is 11.8 Å². The molecule has 1 aliphatic heterocycles. The van der Waals surface area contributed by atoms with E-state index in [0.717, 1.165) is 45.1 Å². The molecule has 3 fully saturated rings. The quantitative estimate of drug-likeness (QED) is 0.682. The minimum Gasteiger partial charge on any atom is -0.376 e. The molecule has 162 valence electrons. The van der Waals surface area contributed by atoms with Crippen LogP contribution in [0.2, 0.25) is 0 Å². The zero-order valence-electron chi connectivity index (χ0n) is 17.3. The Morgan fingerprint density at radius 1 is 1.03 bits per heavy atom. The third-order valence-corrected chi connectivity index (χ3v) is 7.64. The normalized spacial score (nSPS) is 24.1. The molecular formula is C21H34N4O3S. The van der Waals surface area contributed by atoms with Crippen LogP contribution in [0.4, 0.5) is 0 Å². The van der Waals surface area contributed by atoms with Gasteiger partial charge in [-0.25, -0.2) is 9.89 Å². The lowest BCUT2D eigenvalue weighted by Gasteiger charge is -2.41. The molecule has 1 amide bonds. The van der Waals surface area contributed by atoms with Gasteiger partial charge in [-0.2, -0.15) is 0 Å². The van der Waals surface area contributed by atoms with Crippen molar-refractivity contribution in [2.45, 2.75) is 107 Å². The lowest BCUT2D eigenvalue weighted by molar-refractivity contribution is -0.135. The summed E-state index contributed by atoms with van der Waals surface area (Å²) in [7, 11) is 0. The first kappa shape index (κ1) is 21.0. The van der Waals surface area contributed by atoms with Crippen molar-refractivity contribution in [3.05, 3.63) is 10.5 Å². The lowest BCUT2D eigenvalue weighted by atomic mass is 9.88. The van der Waals surface area contributed by atoms with Crippen LogP contribution in [0.1, 0.15) is 77.0 Å². The summed E-state index contributed by atoms with van der Waals surface area (Å²) in [6.45, 7) is 1.27. The van der Waals surface area contributed by atoms with Crippen molar-refractivity contribution in [2.24, 2.45) is 0 Å². The topological polar surface area (TPSA) is 80.2 Å². The number of aromatic nitrogens is 3. The molecule has 3 aliphatic rings. The fraction of sp³-hybridized carbons (Fsp3) is 0.857. The minimum atomic E-state index is -0.216. The number of ether oxygens (including phenoxy) is 1. The Labute approximate surface area is 176 Å². The van der Waals surface area contributed by atoms with Crippen LogP contribution in [0.15, 0.2) is 9.95 Å². The van der Waals surface area contributed by atoms with Crippen molar-refractivity contribution in [1.29, 1.82) is 0 Å². The van der Waals surface area contributed by atoms with Crippen LogP contribution in [0, 0.1) is 0 Å². The molecule has 1 atom stereocenters. The van der Waals surface area contributed by atoms with Gasteiger partial charge in [0.05, 0.1) is 18.4 Å². The van der Waals surface area contributed by atoms with Gasteiger partial charge in [-0.15, -0.1) is 5.10 Å². The van der Waals surface area contributed by atoms with Crippen LogP contribution in [-0.4, -0.2) is 56.1 Å². The molecule has 7 nitrogen and oxygen atoms in total.